The van der Waals surface area contributed by atoms with E-state index in [1.165, 1.54) is 17.0 Å². The second-order valence-electron chi connectivity index (χ2n) is 6.83. The number of aryl methyl sites for hydroxylation is 1. The van der Waals surface area contributed by atoms with Gasteiger partial charge in [0.25, 0.3) is 0 Å². The molecule has 0 atom stereocenters. The van der Waals surface area contributed by atoms with E-state index in [-0.39, 0.29) is 5.82 Å². The molecule has 0 unspecified atom stereocenters. The summed E-state index contributed by atoms with van der Waals surface area (Å²) in [5.74, 6) is 0.695. The van der Waals surface area contributed by atoms with E-state index in [2.05, 4.69) is 41.3 Å². The topological polar surface area (TPSA) is 22.1 Å². The summed E-state index contributed by atoms with van der Waals surface area (Å²) < 4.78 is 14.0. The van der Waals surface area contributed by atoms with Crippen LogP contribution in [0.1, 0.15) is 10.4 Å². The predicted octanol–water partition coefficient (Wildman–Crippen LogP) is 4.16. The number of anilines is 2. The average Bonchev–Trinajstić information content (AvgIpc) is 2.95. The van der Waals surface area contributed by atoms with E-state index in [9.17, 15) is 4.39 Å². The van der Waals surface area contributed by atoms with E-state index in [1.54, 1.807) is 11.3 Å². The number of halogens is 1. The number of nitrogens with zero attached hydrogens (tertiary/aromatic N) is 4. The molecule has 2 aromatic rings. The number of likely N-dealkylation sites (N-methyl/N-ethyl adjacent to an activating group) is 1. The number of fused-ring (bicyclic) bond motifs is 2. The van der Waals surface area contributed by atoms with E-state index < -0.39 is 0 Å². The van der Waals surface area contributed by atoms with Crippen LogP contribution in [0.4, 0.5) is 20.8 Å². The lowest BCUT2D eigenvalue weighted by atomic mass is 10.2. The Morgan fingerprint density at radius 2 is 2.00 bits per heavy atom. The van der Waals surface area contributed by atoms with Gasteiger partial charge in [-0.25, -0.2) is 9.38 Å². The molecule has 1 aromatic heterocycles. The number of aliphatic imine (C=N–C) groups is 1. The number of hydrogen-bond donors (Lipinski definition) is 0. The monoisotopic (exact) mass is 370 g/mol. The summed E-state index contributed by atoms with van der Waals surface area (Å²) in [7, 11) is 2.14. The Morgan fingerprint density at radius 3 is 2.73 bits per heavy atom. The second-order valence-corrected chi connectivity index (χ2v) is 8.07. The van der Waals surface area contributed by atoms with Crippen LogP contribution in [-0.2, 0) is 0 Å². The van der Waals surface area contributed by atoms with Crippen molar-refractivity contribution in [1.29, 1.82) is 0 Å². The summed E-state index contributed by atoms with van der Waals surface area (Å²) in [6.07, 6.45) is 1.88. The molecular formula is C20H23FN4S. The van der Waals surface area contributed by atoms with E-state index >= 15 is 0 Å². The molecular weight excluding hydrogens is 347 g/mol. The molecule has 3 heterocycles. The van der Waals surface area contributed by atoms with E-state index in [1.807, 2.05) is 12.1 Å². The first kappa shape index (κ1) is 17.2. The molecule has 26 heavy (non-hydrogen) atoms. The van der Waals surface area contributed by atoms with Crippen LogP contribution in [0.25, 0.3) is 0 Å². The molecule has 0 amide bonds. The quantitative estimate of drug-likeness (QED) is 0.741. The van der Waals surface area contributed by atoms with Crippen LogP contribution in [0, 0.1) is 12.7 Å². The van der Waals surface area contributed by atoms with Crippen molar-refractivity contribution in [1.82, 2.24) is 9.80 Å². The highest BCUT2D eigenvalue weighted by Crippen LogP contribution is 2.44. The number of benzene rings is 1. The molecule has 0 radical (unpaired) electrons. The molecule has 1 saturated heterocycles. The van der Waals surface area contributed by atoms with Gasteiger partial charge in [-0.1, -0.05) is 6.08 Å². The van der Waals surface area contributed by atoms with Crippen molar-refractivity contribution < 1.29 is 4.39 Å². The van der Waals surface area contributed by atoms with Crippen LogP contribution < -0.4 is 4.90 Å². The first-order valence-electron chi connectivity index (χ1n) is 8.88. The van der Waals surface area contributed by atoms with E-state index in [0.717, 1.165) is 48.3 Å². The molecule has 1 aromatic carbocycles. The number of rotatable bonds is 2. The molecule has 0 spiro atoms. The maximum absolute atomic E-state index is 14.0. The smallest absolute Gasteiger partial charge is 0.139 e. The average molecular weight is 370 g/mol. The number of amidine groups is 1. The molecule has 0 N–H and O–H groups in total. The van der Waals surface area contributed by atoms with Gasteiger partial charge < -0.3 is 14.7 Å². The predicted molar refractivity (Wildman–Crippen MR) is 108 cm³/mol. The molecule has 0 bridgehead atoms. The fraction of sp³-hybridized carbons (Fsp3) is 0.350. The summed E-state index contributed by atoms with van der Waals surface area (Å²) in [5.41, 5.74) is 2.75. The summed E-state index contributed by atoms with van der Waals surface area (Å²) in [6.45, 7) is 10.6. The van der Waals surface area contributed by atoms with Crippen LogP contribution >= 0.6 is 11.3 Å². The van der Waals surface area contributed by atoms with Gasteiger partial charge >= 0.3 is 0 Å². The largest absolute Gasteiger partial charge is 0.353 e. The summed E-state index contributed by atoms with van der Waals surface area (Å²) >= 11 is 1.75. The maximum Gasteiger partial charge on any atom is 0.139 e. The van der Waals surface area contributed by atoms with Gasteiger partial charge in [-0.3, -0.25) is 0 Å². The van der Waals surface area contributed by atoms with Gasteiger partial charge in [0.05, 0.1) is 16.9 Å². The highest BCUT2D eigenvalue weighted by Gasteiger charge is 2.29. The van der Waals surface area contributed by atoms with Gasteiger partial charge in [-0.2, -0.15) is 0 Å². The lowest BCUT2D eigenvalue weighted by molar-refractivity contribution is 0.216. The molecule has 0 saturated carbocycles. The van der Waals surface area contributed by atoms with Gasteiger partial charge in [0.15, 0.2) is 0 Å². The zero-order valence-electron chi connectivity index (χ0n) is 15.2. The van der Waals surface area contributed by atoms with Gasteiger partial charge in [0, 0.05) is 43.7 Å². The van der Waals surface area contributed by atoms with Gasteiger partial charge in [-0.15, -0.1) is 17.9 Å². The fourth-order valence-corrected chi connectivity index (χ4v) is 4.56. The first-order chi connectivity index (χ1) is 12.6. The Kier molecular flexibility index (Phi) is 4.54. The van der Waals surface area contributed by atoms with Gasteiger partial charge in [0.2, 0.25) is 0 Å². The normalized spacial score (nSPS) is 17.4. The molecule has 1 fully saturated rings. The fourth-order valence-electron chi connectivity index (χ4n) is 3.53. The van der Waals surface area contributed by atoms with Crippen LogP contribution in [-0.4, -0.2) is 55.4 Å². The lowest BCUT2D eigenvalue weighted by Crippen LogP contribution is -2.47. The number of piperazine rings is 1. The van der Waals surface area contributed by atoms with Gasteiger partial charge in [-0.05, 0) is 32.2 Å². The molecule has 2 aliphatic rings. The van der Waals surface area contributed by atoms with Gasteiger partial charge in [0.1, 0.15) is 16.7 Å². The van der Waals surface area contributed by atoms with Crippen molar-refractivity contribution >= 4 is 33.5 Å². The molecule has 136 valence electrons. The number of thiophene rings is 1. The standard InChI is InChI=1S/C20H23FN4S/c1-4-7-25-18-6-5-15(21)13-17(18)22-19(16-12-14(2)26-20(16)25)24-10-8-23(3)9-11-24/h4-6,12-13H,1,7-11H2,2-3H3. The zero-order valence-corrected chi connectivity index (χ0v) is 16.0. The van der Waals surface area contributed by atoms with Crippen molar-refractivity contribution in [2.75, 3.05) is 44.7 Å². The van der Waals surface area contributed by atoms with Crippen LogP contribution in [0.15, 0.2) is 41.9 Å². The summed E-state index contributed by atoms with van der Waals surface area (Å²) in [6, 6.07) is 7.06. The third-order valence-electron chi connectivity index (χ3n) is 4.89. The van der Waals surface area contributed by atoms with E-state index in [0.29, 0.717) is 12.2 Å². The van der Waals surface area contributed by atoms with Crippen molar-refractivity contribution in [2.24, 2.45) is 4.99 Å². The highest BCUT2D eigenvalue weighted by molar-refractivity contribution is 7.16. The molecule has 4 rings (SSSR count). The third kappa shape index (κ3) is 3.04. The SMILES string of the molecule is C=CCN1c2ccc(F)cc2N=C(N2CCN(C)CC2)c2cc(C)sc21. The van der Waals surface area contributed by atoms with Crippen LogP contribution in [0.5, 0.6) is 0 Å². The molecule has 0 aliphatic carbocycles. The number of hydrogen-bond acceptors (Lipinski definition) is 5. The minimum atomic E-state index is -0.259. The van der Waals surface area contributed by atoms with Crippen LogP contribution in [0.3, 0.4) is 0 Å². The molecule has 2 aliphatic heterocycles. The maximum atomic E-state index is 14.0. The Labute approximate surface area is 157 Å². The molecule has 6 heteroatoms. The van der Waals surface area contributed by atoms with Crippen molar-refractivity contribution in [3.05, 3.63) is 53.2 Å². The third-order valence-corrected chi connectivity index (χ3v) is 5.96. The summed E-state index contributed by atoms with van der Waals surface area (Å²) in [5, 5.41) is 1.16. The molecule has 4 nitrogen and oxygen atoms in total. The minimum absolute atomic E-state index is 0.259. The minimum Gasteiger partial charge on any atom is -0.353 e. The Bertz CT molecular complexity index is 865. The van der Waals surface area contributed by atoms with Crippen molar-refractivity contribution in [2.45, 2.75) is 6.92 Å². The highest BCUT2D eigenvalue weighted by atomic mass is 32.1. The Hall–Kier alpha value is -2.18. The zero-order chi connectivity index (χ0) is 18.3. The van der Waals surface area contributed by atoms with Crippen molar-refractivity contribution in [3.8, 4) is 0 Å². The Balaban J connectivity index is 1.89. The van der Waals surface area contributed by atoms with Crippen molar-refractivity contribution in [3.63, 3.8) is 0 Å². The lowest BCUT2D eigenvalue weighted by Gasteiger charge is -2.34. The first-order valence-corrected chi connectivity index (χ1v) is 9.69. The van der Waals surface area contributed by atoms with E-state index in [4.69, 9.17) is 4.99 Å². The van der Waals surface area contributed by atoms with Crippen LogP contribution in [0.2, 0.25) is 0 Å². The second kappa shape index (κ2) is 6.85. The Morgan fingerprint density at radius 1 is 1.23 bits per heavy atom. The summed E-state index contributed by atoms with van der Waals surface area (Å²) in [4.78, 5) is 13.0.